The van der Waals surface area contributed by atoms with Crippen molar-refractivity contribution in [3.63, 3.8) is 0 Å². The van der Waals surface area contributed by atoms with E-state index in [2.05, 4.69) is 5.32 Å². The third-order valence-electron chi connectivity index (χ3n) is 4.40. The molecule has 0 aliphatic carbocycles. The number of ketones is 1. The van der Waals surface area contributed by atoms with Crippen LogP contribution >= 0.6 is 0 Å². The molecule has 0 unspecified atom stereocenters. The quantitative estimate of drug-likeness (QED) is 0.327. The number of ether oxygens (including phenoxy) is 1. The second-order valence-electron chi connectivity index (χ2n) is 7.95. The first-order chi connectivity index (χ1) is 13.9. The van der Waals surface area contributed by atoms with E-state index in [-0.39, 0.29) is 17.2 Å². The zero-order valence-corrected chi connectivity index (χ0v) is 17.5. The third kappa shape index (κ3) is 5.50. The maximum absolute atomic E-state index is 12.6. The molecular weight excluding hydrogens is 388 g/mol. The Balaban J connectivity index is 2.07. The molecule has 30 heavy (non-hydrogen) atoms. The van der Waals surface area contributed by atoms with Crippen molar-refractivity contribution < 1.29 is 24.0 Å². The molecule has 1 atom stereocenters. The fourth-order valence-corrected chi connectivity index (χ4v) is 2.49. The lowest BCUT2D eigenvalue weighted by atomic mass is 9.95. The number of hydrogen-bond donors (Lipinski definition) is 1. The number of hydrogen-bond acceptors (Lipinski definition) is 6. The van der Waals surface area contributed by atoms with Crippen molar-refractivity contribution in [1.29, 1.82) is 0 Å². The fourth-order valence-electron chi connectivity index (χ4n) is 2.49. The molecule has 0 aliphatic heterocycles. The molecule has 0 fully saturated rings. The minimum Gasteiger partial charge on any atom is -0.451 e. The lowest BCUT2D eigenvalue weighted by molar-refractivity contribution is -0.385. The third-order valence-corrected chi connectivity index (χ3v) is 4.40. The molecule has 0 aromatic heterocycles. The van der Waals surface area contributed by atoms with Gasteiger partial charge in [-0.25, -0.2) is 4.79 Å². The van der Waals surface area contributed by atoms with Crippen LogP contribution in [-0.2, 0) is 9.53 Å². The van der Waals surface area contributed by atoms with Crippen LogP contribution in [0.5, 0.6) is 0 Å². The summed E-state index contributed by atoms with van der Waals surface area (Å²) in [6, 6.07) is 10.2. The van der Waals surface area contributed by atoms with Gasteiger partial charge in [-0.1, -0.05) is 26.8 Å². The Morgan fingerprint density at radius 2 is 1.60 bits per heavy atom. The van der Waals surface area contributed by atoms with Crippen LogP contribution in [0.3, 0.4) is 0 Å². The van der Waals surface area contributed by atoms with Gasteiger partial charge in [0, 0.05) is 28.3 Å². The predicted octanol–water partition coefficient (Wildman–Crippen LogP) is 4.32. The summed E-state index contributed by atoms with van der Waals surface area (Å²) in [4.78, 5) is 47.3. The van der Waals surface area contributed by atoms with Crippen molar-refractivity contribution in [2.45, 2.75) is 40.7 Å². The number of carbonyl (C=O) groups is 3. The number of Topliss-reactive ketones (excluding diaryl/α,β-unsaturated/α-hetero) is 1. The van der Waals surface area contributed by atoms with Crippen molar-refractivity contribution >= 4 is 29.0 Å². The van der Waals surface area contributed by atoms with Gasteiger partial charge in [0.25, 0.3) is 5.69 Å². The highest BCUT2D eigenvalue weighted by atomic mass is 16.6. The Morgan fingerprint density at radius 1 is 1.03 bits per heavy atom. The van der Waals surface area contributed by atoms with Crippen molar-refractivity contribution in [3.8, 4) is 0 Å². The van der Waals surface area contributed by atoms with Crippen LogP contribution in [0.2, 0.25) is 0 Å². The number of nitro groups is 1. The summed E-state index contributed by atoms with van der Waals surface area (Å²) in [5.41, 5.74) is 0.507. The van der Waals surface area contributed by atoms with Gasteiger partial charge in [-0.2, -0.15) is 0 Å². The number of anilines is 1. The van der Waals surface area contributed by atoms with Crippen molar-refractivity contribution in [1.82, 2.24) is 0 Å². The average Bonchev–Trinajstić information content (AvgIpc) is 2.67. The number of amides is 1. The first-order valence-corrected chi connectivity index (χ1v) is 9.32. The molecule has 0 bridgehead atoms. The molecular formula is C22H24N2O6. The normalized spacial score (nSPS) is 12.0. The van der Waals surface area contributed by atoms with Crippen LogP contribution in [0.1, 0.15) is 54.0 Å². The molecule has 8 nitrogen and oxygen atoms in total. The van der Waals surface area contributed by atoms with Gasteiger partial charge in [0.15, 0.2) is 6.10 Å². The van der Waals surface area contributed by atoms with E-state index in [1.807, 2.05) is 0 Å². The molecule has 0 saturated heterocycles. The average molecular weight is 412 g/mol. The van der Waals surface area contributed by atoms with Crippen LogP contribution in [0, 0.1) is 22.5 Å². The second kappa shape index (κ2) is 8.86. The van der Waals surface area contributed by atoms with Gasteiger partial charge in [-0.3, -0.25) is 19.7 Å². The summed E-state index contributed by atoms with van der Waals surface area (Å²) in [5, 5.41) is 13.8. The minimum absolute atomic E-state index is 0.00723. The van der Waals surface area contributed by atoms with Crippen molar-refractivity contribution in [2.75, 3.05) is 5.32 Å². The van der Waals surface area contributed by atoms with E-state index in [0.29, 0.717) is 16.8 Å². The van der Waals surface area contributed by atoms with Crippen LogP contribution in [0.15, 0.2) is 42.5 Å². The minimum atomic E-state index is -1.09. The molecule has 2 aromatic rings. The predicted molar refractivity (Wildman–Crippen MR) is 112 cm³/mol. The summed E-state index contributed by atoms with van der Waals surface area (Å²) < 4.78 is 5.19. The molecule has 0 spiro atoms. The van der Waals surface area contributed by atoms with E-state index in [0.717, 1.165) is 6.07 Å². The molecule has 8 heteroatoms. The van der Waals surface area contributed by atoms with Crippen molar-refractivity contribution in [3.05, 3.63) is 69.3 Å². The maximum Gasteiger partial charge on any atom is 0.339 e. The number of rotatable bonds is 6. The van der Waals surface area contributed by atoms with E-state index in [4.69, 9.17) is 4.74 Å². The molecule has 0 radical (unpaired) electrons. The molecule has 1 N–H and O–H groups in total. The van der Waals surface area contributed by atoms with E-state index in [9.17, 15) is 24.5 Å². The molecule has 1 amide bonds. The summed E-state index contributed by atoms with van der Waals surface area (Å²) >= 11 is 0. The maximum atomic E-state index is 12.6. The van der Waals surface area contributed by atoms with E-state index >= 15 is 0 Å². The van der Waals surface area contributed by atoms with Gasteiger partial charge in [-0.05, 0) is 44.2 Å². The second-order valence-corrected chi connectivity index (χ2v) is 7.95. The Morgan fingerprint density at radius 3 is 2.13 bits per heavy atom. The highest BCUT2D eigenvalue weighted by molar-refractivity contribution is 6.02. The van der Waals surface area contributed by atoms with E-state index in [1.165, 1.54) is 31.2 Å². The molecule has 0 saturated carbocycles. The monoisotopic (exact) mass is 412 g/mol. The van der Waals surface area contributed by atoms with Crippen molar-refractivity contribution in [2.24, 2.45) is 5.41 Å². The fraction of sp³-hybridized carbons (Fsp3) is 0.318. The molecule has 2 rings (SSSR count). The van der Waals surface area contributed by atoms with Gasteiger partial charge in [0.2, 0.25) is 11.7 Å². The summed E-state index contributed by atoms with van der Waals surface area (Å²) in [6.45, 7) is 8.36. The van der Waals surface area contributed by atoms with Gasteiger partial charge >= 0.3 is 5.97 Å². The zero-order valence-electron chi connectivity index (χ0n) is 17.5. The molecule has 2 aromatic carbocycles. The lowest BCUT2D eigenvalue weighted by Crippen LogP contribution is -2.27. The number of nitrogens with zero attached hydrogens (tertiary/aromatic N) is 1. The topological polar surface area (TPSA) is 116 Å². The summed E-state index contributed by atoms with van der Waals surface area (Å²) in [6.07, 6.45) is -1.09. The van der Waals surface area contributed by atoms with Crippen LogP contribution in [0.25, 0.3) is 0 Å². The van der Waals surface area contributed by atoms with Gasteiger partial charge in [0.1, 0.15) is 0 Å². The SMILES string of the molecule is Cc1ccc(C(=O)O[C@@H](C)C(=O)c2ccc(NC(=O)C(C)(C)C)cc2)cc1[N+](=O)[O-]. The Hall–Kier alpha value is -3.55. The number of benzene rings is 2. The van der Waals surface area contributed by atoms with E-state index < -0.39 is 28.2 Å². The zero-order chi connectivity index (χ0) is 22.6. The molecule has 158 valence electrons. The highest BCUT2D eigenvalue weighted by Crippen LogP contribution is 2.21. The van der Waals surface area contributed by atoms with Gasteiger partial charge in [0.05, 0.1) is 10.5 Å². The number of nitrogens with one attached hydrogen (secondary N) is 1. The standard InChI is InChI=1S/C22H24N2O6/c1-13-6-7-16(12-18(13)24(28)29)20(26)30-14(2)19(25)15-8-10-17(11-9-15)23-21(27)22(3,4)5/h6-12,14H,1-5H3,(H,23,27)/t14-/m0/s1. The van der Waals surface area contributed by atoms with Gasteiger partial charge in [-0.15, -0.1) is 0 Å². The Kier molecular flexibility index (Phi) is 6.71. The number of nitro benzene ring substituents is 1. The summed E-state index contributed by atoms with van der Waals surface area (Å²) in [5.74, 6) is -1.41. The van der Waals surface area contributed by atoms with Crippen LogP contribution in [0.4, 0.5) is 11.4 Å². The molecule has 0 heterocycles. The number of carbonyl (C=O) groups excluding carboxylic acids is 3. The van der Waals surface area contributed by atoms with Gasteiger partial charge < -0.3 is 10.1 Å². The number of esters is 1. The summed E-state index contributed by atoms with van der Waals surface area (Å²) in [7, 11) is 0. The lowest BCUT2D eigenvalue weighted by Gasteiger charge is -2.18. The van der Waals surface area contributed by atoms with E-state index in [1.54, 1.807) is 39.8 Å². The van der Waals surface area contributed by atoms with Crippen LogP contribution < -0.4 is 5.32 Å². The number of aryl methyl sites for hydroxylation is 1. The largest absolute Gasteiger partial charge is 0.451 e. The Bertz CT molecular complexity index is 990. The first-order valence-electron chi connectivity index (χ1n) is 9.32. The highest BCUT2D eigenvalue weighted by Gasteiger charge is 2.23. The first kappa shape index (κ1) is 22.7. The molecule has 0 aliphatic rings. The smallest absolute Gasteiger partial charge is 0.339 e. The van der Waals surface area contributed by atoms with Crippen LogP contribution in [-0.4, -0.2) is 28.7 Å². The Labute approximate surface area is 174 Å².